The Labute approximate surface area is 237 Å². The molecule has 0 amide bonds. The van der Waals surface area contributed by atoms with Crippen LogP contribution in [-0.2, 0) is 19.1 Å². The molecule has 0 aliphatic heterocycles. The van der Waals surface area contributed by atoms with Gasteiger partial charge >= 0.3 is 11.9 Å². The van der Waals surface area contributed by atoms with E-state index in [4.69, 9.17) is 9.47 Å². The average molecular weight is 539 g/mol. The van der Waals surface area contributed by atoms with Crippen LogP contribution in [0, 0.1) is 11.8 Å². The summed E-state index contributed by atoms with van der Waals surface area (Å²) in [5.41, 5.74) is 0. The zero-order valence-electron chi connectivity index (χ0n) is 26.2. The number of hydrogen-bond donors (Lipinski definition) is 0. The van der Waals surface area contributed by atoms with E-state index in [2.05, 4.69) is 27.7 Å². The molecule has 0 saturated heterocycles. The first kappa shape index (κ1) is 36.9. The molecule has 38 heavy (non-hydrogen) atoms. The molecule has 0 aromatic carbocycles. The molecule has 0 aromatic heterocycles. The number of carbonyl (C=O) groups excluding carboxylic acids is 2. The zero-order chi connectivity index (χ0) is 28.1. The van der Waals surface area contributed by atoms with E-state index in [0.717, 1.165) is 0 Å². The van der Waals surface area contributed by atoms with Crippen molar-refractivity contribution in [1.29, 1.82) is 0 Å². The van der Waals surface area contributed by atoms with Crippen LogP contribution >= 0.6 is 0 Å². The first-order chi connectivity index (χ1) is 18.6. The lowest BCUT2D eigenvalue weighted by atomic mass is 9.95. The summed E-state index contributed by atoms with van der Waals surface area (Å²) in [4.78, 5) is 24.6. The molecule has 2 atom stereocenters. The molecule has 4 nitrogen and oxygen atoms in total. The van der Waals surface area contributed by atoms with Gasteiger partial charge in [0.1, 0.15) is 0 Å². The zero-order valence-corrected chi connectivity index (χ0v) is 26.2. The highest BCUT2D eigenvalue weighted by molar-refractivity contribution is 5.70. The lowest BCUT2D eigenvalue weighted by Gasteiger charge is -2.17. The van der Waals surface area contributed by atoms with Gasteiger partial charge in [-0.3, -0.25) is 9.59 Å². The molecule has 0 spiro atoms. The summed E-state index contributed by atoms with van der Waals surface area (Å²) in [6.45, 7) is 10.1. The summed E-state index contributed by atoms with van der Waals surface area (Å²) in [5.74, 6) is 0.783. The van der Waals surface area contributed by atoms with E-state index in [-0.39, 0.29) is 11.9 Å². The number of rotatable bonds is 29. The van der Waals surface area contributed by atoms with E-state index in [1.807, 2.05) is 0 Å². The van der Waals surface area contributed by atoms with Crippen LogP contribution in [0.25, 0.3) is 0 Å². The normalized spacial score (nSPS) is 12.8. The van der Waals surface area contributed by atoms with E-state index >= 15 is 0 Å². The number of esters is 2. The Kier molecular flexibility index (Phi) is 28.1. The quantitative estimate of drug-likeness (QED) is 0.0702. The number of carbonyl (C=O) groups is 2. The van der Waals surface area contributed by atoms with Gasteiger partial charge in [0.15, 0.2) is 0 Å². The molecule has 0 N–H and O–H groups in total. The fourth-order valence-electron chi connectivity index (χ4n) is 5.17. The van der Waals surface area contributed by atoms with Gasteiger partial charge in [0.05, 0.1) is 13.2 Å². The SMILES string of the molecule is CCCCCCCC(CCCCC)COC(=O)CCCCC(=O)OCC(CCCCC)CCCCCCC. The number of ether oxygens (including phenoxy) is 2. The lowest BCUT2D eigenvalue weighted by molar-refractivity contribution is -0.147. The van der Waals surface area contributed by atoms with Gasteiger partial charge in [-0.1, -0.05) is 130 Å². The lowest BCUT2D eigenvalue weighted by Crippen LogP contribution is -2.15. The van der Waals surface area contributed by atoms with Crippen LogP contribution in [0.15, 0.2) is 0 Å². The second-order valence-corrected chi connectivity index (χ2v) is 11.7. The van der Waals surface area contributed by atoms with Crippen molar-refractivity contribution in [2.45, 2.75) is 182 Å². The first-order valence-electron chi connectivity index (χ1n) is 16.9. The minimum atomic E-state index is -0.107. The van der Waals surface area contributed by atoms with Gasteiger partial charge in [0.2, 0.25) is 0 Å². The Morgan fingerprint density at radius 3 is 1.05 bits per heavy atom. The molecule has 0 saturated carbocycles. The van der Waals surface area contributed by atoms with Crippen molar-refractivity contribution < 1.29 is 19.1 Å². The van der Waals surface area contributed by atoms with E-state index in [9.17, 15) is 9.59 Å². The van der Waals surface area contributed by atoms with E-state index in [1.165, 1.54) is 128 Å². The predicted molar refractivity (Wildman–Crippen MR) is 162 cm³/mol. The molecular weight excluding hydrogens is 472 g/mol. The summed E-state index contributed by atoms with van der Waals surface area (Å²) < 4.78 is 11.3. The van der Waals surface area contributed by atoms with Gasteiger partial charge in [-0.15, -0.1) is 0 Å². The molecule has 0 radical (unpaired) electrons. The molecule has 0 heterocycles. The van der Waals surface area contributed by atoms with Crippen LogP contribution in [0.1, 0.15) is 182 Å². The van der Waals surface area contributed by atoms with Gasteiger partial charge in [-0.25, -0.2) is 0 Å². The number of unbranched alkanes of at least 4 members (excludes halogenated alkanes) is 13. The van der Waals surface area contributed by atoms with Crippen molar-refractivity contribution >= 4 is 11.9 Å². The summed E-state index contributed by atoms with van der Waals surface area (Å²) in [6.07, 6.45) is 27.2. The minimum Gasteiger partial charge on any atom is -0.465 e. The van der Waals surface area contributed by atoms with Crippen LogP contribution in [0.2, 0.25) is 0 Å². The van der Waals surface area contributed by atoms with E-state index < -0.39 is 0 Å². The van der Waals surface area contributed by atoms with Crippen molar-refractivity contribution in [3.63, 3.8) is 0 Å². The fraction of sp³-hybridized carbons (Fsp3) is 0.941. The molecule has 0 aliphatic rings. The van der Waals surface area contributed by atoms with Gasteiger partial charge < -0.3 is 9.47 Å². The van der Waals surface area contributed by atoms with Gasteiger partial charge in [-0.05, 0) is 50.4 Å². The van der Waals surface area contributed by atoms with Crippen LogP contribution in [0.5, 0.6) is 0 Å². The van der Waals surface area contributed by atoms with Gasteiger partial charge in [0, 0.05) is 12.8 Å². The maximum Gasteiger partial charge on any atom is 0.305 e. The second kappa shape index (κ2) is 28.9. The molecule has 0 aromatic rings. The van der Waals surface area contributed by atoms with Crippen LogP contribution in [-0.4, -0.2) is 25.2 Å². The monoisotopic (exact) mass is 538 g/mol. The third kappa shape index (κ3) is 25.2. The van der Waals surface area contributed by atoms with E-state index in [1.54, 1.807) is 0 Å². The Hall–Kier alpha value is -1.06. The van der Waals surface area contributed by atoms with Crippen molar-refractivity contribution in [2.24, 2.45) is 11.8 Å². The topological polar surface area (TPSA) is 52.6 Å². The van der Waals surface area contributed by atoms with Gasteiger partial charge in [0.25, 0.3) is 0 Å². The standard InChI is InChI=1S/C34H66O4/c1-5-9-13-15-19-25-31(23-17-11-7-3)29-37-33(35)27-21-22-28-34(36)38-30-32(24-18-12-8-4)26-20-16-14-10-6-2/h31-32H,5-30H2,1-4H3. The van der Waals surface area contributed by atoms with Crippen LogP contribution in [0.3, 0.4) is 0 Å². The minimum absolute atomic E-state index is 0.107. The number of hydrogen-bond acceptors (Lipinski definition) is 4. The first-order valence-corrected chi connectivity index (χ1v) is 16.9. The Bertz CT molecular complexity index is 473. The molecule has 0 aliphatic carbocycles. The highest BCUT2D eigenvalue weighted by atomic mass is 16.5. The molecule has 0 fully saturated rings. The summed E-state index contributed by atoms with van der Waals surface area (Å²) in [5, 5.41) is 0. The van der Waals surface area contributed by atoms with Crippen molar-refractivity contribution in [2.75, 3.05) is 13.2 Å². The second-order valence-electron chi connectivity index (χ2n) is 11.7. The third-order valence-corrected chi connectivity index (χ3v) is 7.84. The highest BCUT2D eigenvalue weighted by Gasteiger charge is 2.14. The van der Waals surface area contributed by atoms with Crippen molar-refractivity contribution in [3.05, 3.63) is 0 Å². The van der Waals surface area contributed by atoms with Gasteiger partial charge in [-0.2, -0.15) is 0 Å². The Morgan fingerprint density at radius 1 is 0.421 bits per heavy atom. The molecule has 4 heteroatoms. The van der Waals surface area contributed by atoms with Crippen LogP contribution < -0.4 is 0 Å². The fourth-order valence-corrected chi connectivity index (χ4v) is 5.17. The molecule has 2 unspecified atom stereocenters. The van der Waals surface area contributed by atoms with E-state index in [0.29, 0.717) is 50.7 Å². The Morgan fingerprint density at radius 2 is 0.711 bits per heavy atom. The maximum absolute atomic E-state index is 12.3. The predicted octanol–water partition coefficient (Wildman–Crippen LogP) is 10.7. The molecule has 226 valence electrons. The molecule has 0 bridgehead atoms. The average Bonchev–Trinajstić information content (AvgIpc) is 2.91. The largest absolute Gasteiger partial charge is 0.465 e. The molecular formula is C34H66O4. The highest BCUT2D eigenvalue weighted by Crippen LogP contribution is 2.20. The third-order valence-electron chi connectivity index (χ3n) is 7.84. The Balaban J connectivity index is 4.13. The summed E-state index contributed by atoms with van der Waals surface area (Å²) in [7, 11) is 0. The van der Waals surface area contributed by atoms with Crippen molar-refractivity contribution in [1.82, 2.24) is 0 Å². The molecule has 0 rings (SSSR count). The van der Waals surface area contributed by atoms with Crippen molar-refractivity contribution in [3.8, 4) is 0 Å². The summed E-state index contributed by atoms with van der Waals surface area (Å²) in [6, 6.07) is 0. The summed E-state index contributed by atoms with van der Waals surface area (Å²) >= 11 is 0. The van der Waals surface area contributed by atoms with Crippen LogP contribution in [0.4, 0.5) is 0 Å². The smallest absolute Gasteiger partial charge is 0.305 e. The maximum atomic E-state index is 12.3.